The summed E-state index contributed by atoms with van der Waals surface area (Å²) in [5.41, 5.74) is 6.99. The number of carbonyl (C=O) groups excluding carboxylic acids is 1. The van der Waals surface area contributed by atoms with Crippen LogP contribution in [-0.4, -0.2) is 11.9 Å². The summed E-state index contributed by atoms with van der Waals surface area (Å²) in [5, 5.41) is 3.60. The molecule has 0 radical (unpaired) electrons. The smallest absolute Gasteiger partial charge is 0.248 e. The fourth-order valence-corrected chi connectivity index (χ4v) is 2.20. The summed E-state index contributed by atoms with van der Waals surface area (Å²) < 4.78 is 0. The van der Waals surface area contributed by atoms with Crippen LogP contribution in [0.2, 0.25) is 0 Å². The van der Waals surface area contributed by atoms with Gasteiger partial charge in [0.05, 0.1) is 0 Å². The van der Waals surface area contributed by atoms with Crippen LogP contribution >= 0.6 is 0 Å². The number of benzene rings is 1. The van der Waals surface area contributed by atoms with Gasteiger partial charge < -0.3 is 11.1 Å². The molecular formula is C16H26N2O. The number of nitrogens with one attached hydrogen (secondary N) is 1. The molecule has 19 heavy (non-hydrogen) atoms. The van der Waals surface area contributed by atoms with Gasteiger partial charge in [-0.1, -0.05) is 45.2 Å². The van der Waals surface area contributed by atoms with E-state index in [9.17, 15) is 4.79 Å². The van der Waals surface area contributed by atoms with Crippen LogP contribution in [0.15, 0.2) is 24.3 Å². The minimum absolute atomic E-state index is 0.369. The van der Waals surface area contributed by atoms with Crippen LogP contribution in [0.4, 0.5) is 0 Å². The fraction of sp³-hybridized carbons (Fsp3) is 0.562. The van der Waals surface area contributed by atoms with Crippen molar-refractivity contribution in [3.05, 3.63) is 35.4 Å². The Morgan fingerprint density at radius 2 is 1.84 bits per heavy atom. The lowest BCUT2D eigenvalue weighted by Gasteiger charge is -2.18. The van der Waals surface area contributed by atoms with Gasteiger partial charge in [-0.15, -0.1) is 0 Å². The summed E-state index contributed by atoms with van der Waals surface area (Å²) in [7, 11) is 0. The lowest BCUT2D eigenvalue weighted by atomic mass is 10.0. The van der Waals surface area contributed by atoms with Crippen molar-refractivity contribution in [1.82, 2.24) is 5.32 Å². The first-order valence-corrected chi connectivity index (χ1v) is 7.29. The largest absolute Gasteiger partial charge is 0.366 e. The van der Waals surface area contributed by atoms with Gasteiger partial charge in [0.25, 0.3) is 0 Å². The van der Waals surface area contributed by atoms with Crippen molar-refractivity contribution in [3.63, 3.8) is 0 Å². The average molecular weight is 262 g/mol. The molecule has 106 valence electrons. The molecule has 0 aromatic heterocycles. The van der Waals surface area contributed by atoms with E-state index in [4.69, 9.17) is 5.73 Å². The second-order valence-electron chi connectivity index (χ2n) is 5.07. The number of amides is 1. The number of hydrogen-bond acceptors (Lipinski definition) is 2. The third-order valence-corrected chi connectivity index (χ3v) is 3.38. The lowest BCUT2D eigenvalue weighted by Crippen LogP contribution is -2.28. The number of primary amides is 1. The Morgan fingerprint density at radius 3 is 2.37 bits per heavy atom. The molecule has 1 amide bonds. The Hall–Kier alpha value is -1.35. The molecule has 0 aliphatic rings. The van der Waals surface area contributed by atoms with E-state index in [1.807, 2.05) is 12.1 Å². The minimum Gasteiger partial charge on any atom is -0.366 e. The van der Waals surface area contributed by atoms with Crippen molar-refractivity contribution in [2.75, 3.05) is 0 Å². The van der Waals surface area contributed by atoms with Crippen molar-refractivity contribution >= 4 is 5.91 Å². The first kappa shape index (κ1) is 15.7. The molecular weight excluding hydrogens is 236 g/mol. The van der Waals surface area contributed by atoms with Crippen LogP contribution in [0, 0.1) is 0 Å². The molecule has 0 bridgehead atoms. The number of carbonyl (C=O) groups is 1. The van der Waals surface area contributed by atoms with Gasteiger partial charge in [0.15, 0.2) is 0 Å². The zero-order valence-corrected chi connectivity index (χ0v) is 12.1. The Morgan fingerprint density at radius 1 is 1.16 bits per heavy atom. The third-order valence-electron chi connectivity index (χ3n) is 3.38. The molecule has 1 atom stereocenters. The molecule has 1 aromatic rings. The number of hydrogen-bond donors (Lipinski definition) is 2. The molecule has 3 heteroatoms. The summed E-state index contributed by atoms with van der Waals surface area (Å²) in [5.74, 6) is -0.369. The Bertz CT molecular complexity index is 373. The third kappa shape index (κ3) is 5.88. The van der Waals surface area contributed by atoms with Gasteiger partial charge in [-0.25, -0.2) is 0 Å². The molecule has 1 unspecified atom stereocenters. The molecule has 0 aliphatic carbocycles. The van der Waals surface area contributed by atoms with E-state index in [2.05, 4.69) is 19.2 Å². The molecule has 0 aliphatic heterocycles. The van der Waals surface area contributed by atoms with Crippen molar-refractivity contribution < 1.29 is 4.79 Å². The van der Waals surface area contributed by atoms with Crippen LogP contribution in [0.3, 0.4) is 0 Å². The van der Waals surface area contributed by atoms with E-state index in [-0.39, 0.29) is 5.91 Å². The maximum atomic E-state index is 11.0. The van der Waals surface area contributed by atoms with Gasteiger partial charge in [-0.05, 0) is 30.5 Å². The van der Waals surface area contributed by atoms with E-state index in [1.54, 1.807) is 12.1 Å². The molecule has 1 aromatic carbocycles. The Balaban J connectivity index is 2.46. The summed E-state index contributed by atoms with van der Waals surface area (Å²) in [6, 6.07) is 8.12. The molecule has 0 saturated carbocycles. The van der Waals surface area contributed by atoms with Crippen LogP contribution in [0.25, 0.3) is 0 Å². The van der Waals surface area contributed by atoms with Gasteiger partial charge in [0, 0.05) is 18.2 Å². The highest BCUT2D eigenvalue weighted by molar-refractivity contribution is 5.92. The first-order valence-electron chi connectivity index (χ1n) is 7.29. The average Bonchev–Trinajstić information content (AvgIpc) is 2.42. The predicted octanol–water partition coefficient (Wildman–Crippen LogP) is 3.23. The van der Waals surface area contributed by atoms with E-state index in [0.717, 1.165) is 6.54 Å². The lowest BCUT2D eigenvalue weighted by molar-refractivity contribution is 0.100. The van der Waals surface area contributed by atoms with E-state index >= 15 is 0 Å². The zero-order valence-electron chi connectivity index (χ0n) is 12.1. The zero-order chi connectivity index (χ0) is 14.1. The monoisotopic (exact) mass is 262 g/mol. The molecule has 3 nitrogen and oxygen atoms in total. The fourth-order valence-electron chi connectivity index (χ4n) is 2.20. The highest BCUT2D eigenvalue weighted by atomic mass is 16.1. The molecule has 0 saturated heterocycles. The summed E-state index contributed by atoms with van der Waals surface area (Å²) in [6.07, 6.45) is 6.19. The molecule has 0 heterocycles. The standard InChI is InChI=1S/C16H26N2O/c1-3-5-7-15(6-4-2)18-12-13-8-10-14(11-9-13)16(17)19/h8-11,15,18H,3-7,12H2,1-2H3,(H2,17,19). The highest BCUT2D eigenvalue weighted by Crippen LogP contribution is 2.09. The SMILES string of the molecule is CCCCC(CCC)NCc1ccc(C(N)=O)cc1. The first-order chi connectivity index (χ1) is 9.17. The van der Waals surface area contributed by atoms with E-state index in [1.165, 1.54) is 37.7 Å². The summed E-state index contributed by atoms with van der Waals surface area (Å²) in [4.78, 5) is 11.0. The quantitative estimate of drug-likeness (QED) is 0.718. The van der Waals surface area contributed by atoms with Crippen molar-refractivity contribution in [2.45, 2.75) is 58.5 Å². The van der Waals surface area contributed by atoms with Crippen LogP contribution < -0.4 is 11.1 Å². The highest BCUT2D eigenvalue weighted by Gasteiger charge is 2.06. The van der Waals surface area contributed by atoms with Gasteiger partial charge in [0.2, 0.25) is 5.91 Å². The van der Waals surface area contributed by atoms with Crippen LogP contribution in [-0.2, 0) is 6.54 Å². The number of nitrogens with two attached hydrogens (primary N) is 1. The molecule has 1 rings (SSSR count). The summed E-state index contributed by atoms with van der Waals surface area (Å²) in [6.45, 7) is 5.31. The van der Waals surface area contributed by atoms with Gasteiger partial charge >= 0.3 is 0 Å². The second kappa shape index (κ2) is 8.70. The van der Waals surface area contributed by atoms with Crippen molar-refractivity contribution in [2.24, 2.45) is 5.73 Å². The normalized spacial score (nSPS) is 12.3. The summed E-state index contributed by atoms with van der Waals surface area (Å²) >= 11 is 0. The van der Waals surface area contributed by atoms with Gasteiger partial charge in [-0.3, -0.25) is 4.79 Å². The molecule has 3 N–H and O–H groups in total. The number of unbranched alkanes of at least 4 members (excludes halogenated alkanes) is 1. The van der Waals surface area contributed by atoms with Gasteiger partial charge in [-0.2, -0.15) is 0 Å². The maximum absolute atomic E-state index is 11.0. The Labute approximate surface area is 116 Å². The topological polar surface area (TPSA) is 55.1 Å². The van der Waals surface area contributed by atoms with E-state index in [0.29, 0.717) is 11.6 Å². The number of rotatable bonds is 9. The maximum Gasteiger partial charge on any atom is 0.248 e. The van der Waals surface area contributed by atoms with Crippen LogP contribution in [0.1, 0.15) is 61.9 Å². The predicted molar refractivity (Wildman–Crippen MR) is 80.0 cm³/mol. The second-order valence-corrected chi connectivity index (χ2v) is 5.07. The minimum atomic E-state index is -0.369. The van der Waals surface area contributed by atoms with Crippen LogP contribution in [0.5, 0.6) is 0 Å². The molecule has 0 fully saturated rings. The van der Waals surface area contributed by atoms with E-state index < -0.39 is 0 Å². The van der Waals surface area contributed by atoms with Gasteiger partial charge in [0.1, 0.15) is 0 Å². The Kier molecular flexibility index (Phi) is 7.19. The van der Waals surface area contributed by atoms with Crippen molar-refractivity contribution in [1.29, 1.82) is 0 Å². The molecule has 0 spiro atoms. The van der Waals surface area contributed by atoms with Crippen molar-refractivity contribution in [3.8, 4) is 0 Å².